The summed E-state index contributed by atoms with van der Waals surface area (Å²) < 4.78 is 14.9. The van der Waals surface area contributed by atoms with Crippen molar-refractivity contribution in [3.05, 3.63) is 28.2 Å². The molecule has 0 spiro atoms. The molecule has 19 heavy (non-hydrogen) atoms. The van der Waals surface area contributed by atoms with Gasteiger partial charge in [0, 0.05) is 0 Å². The third-order valence-electron chi connectivity index (χ3n) is 2.06. The van der Waals surface area contributed by atoms with Gasteiger partial charge in [0.25, 0.3) is 0 Å². The van der Waals surface area contributed by atoms with Crippen LogP contribution >= 0.6 is 0 Å². The number of carbonyl (C=O) groups is 2. The summed E-state index contributed by atoms with van der Waals surface area (Å²) in [6.45, 7) is -0.264. The molecule has 0 unspecified atom stereocenters. The van der Waals surface area contributed by atoms with Crippen LogP contribution < -0.4 is 5.56 Å². The second-order valence-corrected chi connectivity index (χ2v) is 6.22. The fourth-order valence-corrected chi connectivity index (χ4v) is 2.75. The Labute approximate surface area is 111 Å². The normalized spacial score (nSPS) is 9.95. The van der Waals surface area contributed by atoms with Gasteiger partial charge in [-0.25, -0.2) is 0 Å². The van der Waals surface area contributed by atoms with E-state index in [4.69, 9.17) is 10.2 Å². The predicted octanol–water partition coefficient (Wildman–Crippen LogP) is -1.31. The Morgan fingerprint density at radius 1 is 1.37 bits per heavy atom. The van der Waals surface area contributed by atoms with Gasteiger partial charge in [-0.1, -0.05) is 0 Å². The van der Waals surface area contributed by atoms with Crippen molar-refractivity contribution in [1.29, 1.82) is 0 Å². The Bertz CT molecular complexity index is 565. The average molecular weight is 330 g/mol. The summed E-state index contributed by atoms with van der Waals surface area (Å²) in [4.78, 5) is 36.1. The standard InChI is InChI=1S/C10H11GeNO7/c13-4-1-5-19-11(18)9(16)8(15)6-2-3-7(14)10(17)12-6/h2-3,13-14H,1,4-5H2,(H,12,17). The molecule has 3 N–H and O–H groups in total. The van der Waals surface area contributed by atoms with Gasteiger partial charge in [0.15, 0.2) is 0 Å². The Hall–Kier alpha value is -1.81. The number of ketones is 1. The molecule has 8 nitrogen and oxygen atoms in total. The number of aliphatic hydroxyl groups excluding tert-OH is 1. The van der Waals surface area contributed by atoms with Crippen molar-refractivity contribution in [3.8, 4) is 5.75 Å². The van der Waals surface area contributed by atoms with Crippen molar-refractivity contribution in [2.75, 3.05) is 13.2 Å². The average Bonchev–Trinajstić information content (AvgIpc) is 2.40. The first kappa shape index (κ1) is 15.3. The van der Waals surface area contributed by atoms with Crippen LogP contribution in [-0.4, -0.2) is 53.4 Å². The van der Waals surface area contributed by atoms with Gasteiger partial charge in [0.1, 0.15) is 0 Å². The van der Waals surface area contributed by atoms with Crippen LogP contribution in [0.2, 0.25) is 0 Å². The number of H-pyrrole nitrogens is 1. The van der Waals surface area contributed by atoms with Crippen LogP contribution in [0.3, 0.4) is 0 Å². The third-order valence-corrected chi connectivity index (χ3v) is 4.29. The molecule has 0 bridgehead atoms. The second kappa shape index (κ2) is 6.95. The molecule has 0 aliphatic rings. The maximum atomic E-state index is 11.6. The number of Topliss-reactive ketones (excluding diaryl/α,β-unsaturated/α-hetero) is 1. The topological polar surface area (TPSA) is 134 Å². The molecule has 102 valence electrons. The van der Waals surface area contributed by atoms with E-state index in [9.17, 15) is 18.2 Å². The van der Waals surface area contributed by atoms with E-state index < -0.39 is 36.3 Å². The van der Waals surface area contributed by atoms with E-state index in [0.29, 0.717) is 0 Å². The van der Waals surface area contributed by atoms with E-state index in [1.807, 2.05) is 4.98 Å². The number of aromatic nitrogens is 1. The van der Waals surface area contributed by atoms with Crippen molar-refractivity contribution in [2.45, 2.75) is 6.42 Å². The number of aromatic hydroxyl groups is 1. The number of nitrogens with one attached hydrogen (secondary N) is 1. The number of hydrogen-bond donors (Lipinski definition) is 3. The van der Waals surface area contributed by atoms with Crippen LogP contribution in [0.5, 0.6) is 5.75 Å². The van der Waals surface area contributed by atoms with Crippen LogP contribution in [0, 0.1) is 0 Å². The Morgan fingerprint density at radius 3 is 2.63 bits per heavy atom. The minimum atomic E-state index is -3.90. The van der Waals surface area contributed by atoms with E-state index in [1.54, 1.807) is 0 Å². The molecular weight excluding hydrogens is 319 g/mol. The Balaban J connectivity index is 2.76. The summed E-state index contributed by atoms with van der Waals surface area (Å²) in [6, 6.07) is 1.99. The summed E-state index contributed by atoms with van der Waals surface area (Å²) in [5.41, 5.74) is -1.29. The molecule has 1 aromatic heterocycles. The molecule has 0 saturated carbocycles. The summed E-state index contributed by atoms with van der Waals surface area (Å²) in [7, 11) is 0. The van der Waals surface area contributed by atoms with Gasteiger partial charge in [0.05, 0.1) is 0 Å². The number of rotatable bonds is 7. The van der Waals surface area contributed by atoms with Crippen molar-refractivity contribution in [2.24, 2.45) is 0 Å². The van der Waals surface area contributed by atoms with E-state index >= 15 is 0 Å². The molecule has 1 aromatic rings. The van der Waals surface area contributed by atoms with Gasteiger partial charge >= 0.3 is 111 Å². The molecule has 9 heteroatoms. The number of aliphatic hydroxyl groups is 1. The van der Waals surface area contributed by atoms with E-state index in [1.165, 1.54) is 0 Å². The first-order valence-corrected chi connectivity index (χ1v) is 8.02. The molecule has 0 saturated heterocycles. The molecule has 0 atom stereocenters. The molecular formula is C10H11GeNO7. The number of pyridine rings is 1. The molecule has 0 aliphatic carbocycles. The van der Waals surface area contributed by atoms with Gasteiger partial charge in [-0.15, -0.1) is 0 Å². The van der Waals surface area contributed by atoms with Crippen molar-refractivity contribution in [3.63, 3.8) is 0 Å². The van der Waals surface area contributed by atoms with E-state index in [0.717, 1.165) is 12.1 Å². The fourth-order valence-electron chi connectivity index (χ4n) is 1.11. The monoisotopic (exact) mass is 331 g/mol. The Morgan fingerprint density at radius 2 is 2.05 bits per heavy atom. The molecule has 0 radical (unpaired) electrons. The molecule has 1 rings (SSSR count). The van der Waals surface area contributed by atoms with Gasteiger partial charge in [-0.05, 0) is 0 Å². The van der Waals surface area contributed by atoms with Crippen LogP contribution in [0.1, 0.15) is 16.9 Å². The van der Waals surface area contributed by atoms with Crippen molar-refractivity contribution in [1.82, 2.24) is 4.98 Å². The van der Waals surface area contributed by atoms with Gasteiger partial charge in [0.2, 0.25) is 0 Å². The number of hydrogen-bond acceptors (Lipinski definition) is 7. The molecule has 0 amide bonds. The number of carbonyl (C=O) groups excluding carboxylic acids is 2. The zero-order valence-electron chi connectivity index (χ0n) is 9.71. The van der Waals surface area contributed by atoms with E-state index in [-0.39, 0.29) is 25.3 Å². The van der Waals surface area contributed by atoms with Gasteiger partial charge in [-0.3, -0.25) is 0 Å². The van der Waals surface area contributed by atoms with Crippen molar-refractivity contribution < 1.29 is 27.3 Å². The minimum absolute atomic E-state index is 0.0829. The quantitative estimate of drug-likeness (QED) is 0.245. The van der Waals surface area contributed by atoms with Crippen LogP contribution in [0.15, 0.2) is 16.9 Å². The number of aromatic amines is 1. The summed E-state index contributed by atoms with van der Waals surface area (Å²) in [5.74, 6) is -1.73. The van der Waals surface area contributed by atoms with Crippen molar-refractivity contribution >= 4 is 25.0 Å². The van der Waals surface area contributed by atoms with Crippen LogP contribution in [0.4, 0.5) is 0 Å². The molecule has 0 aliphatic heterocycles. The summed E-state index contributed by atoms with van der Waals surface area (Å²) >= 11 is -3.90. The van der Waals surface area contributed by atoms with Gasteiger partial charge in [-0.2, -0.15) is 0 Å². The fraction of sp³-hybridized carbons (Fsp3) is 0.300. The predicted molar refractivity (Wildman–Crippen MR) is 62.2 cm³/mol. The Kier molecular flexibility index (Phi) is 5.58. The molecule has 1 heterocycles. The van der Waals surface area contributed by atoms with Crippen LogP contribution in [-0.2, 0) is 12.3 Å². The molecule has 0 aromatic carbocycles. The molecule has 0 fully saturated rings. The summed E-state index contributed by atoms with van der Waals surface area (Å²) in [5, 5.41) is 17.5. The third kappa shape index (κ3) is 4.10. The first-order valence-electron chi connectivity index (χ1n) is 5.26. The zero-order valence-corrected chi connectivity index (χ0v) is 11.8. The first-order chi connectivity index (χ1) is 8.97. The zero-order chi connectivity index (χ0) is 14.4. The SMILES string of the molecule is O=C([C](=O)[Ge](=[O])[O]CCCO)c1ccc(O)c(=O)[nH]1. The second-order valence-electron chi connectivity index (χ2n) is 3.46. The van der Waals surface area contributed by atoms with Crippen LogP contribution in [0.25, 0.3) is 0 Å². The summed E-state index contributed by atoms with van der Waals surface area (Å²) in [6.07, 6.45) is 0.205. The van der Waals surface area contributed by atoms with E-state index in [2.05, 4.69) is 3.76 Å². The maximum absolute atomic E-state index is 11.6. The van der Waals surface area contributed by atoms with Gasteiger partial charge < -0.3 is 0 Å².